The summed E-state index contributed by atoms with van der Waals surface area (Å²) in [7, 11) is -3.07. The Morgan fingerprint density at radius 1 is 1.56 bits per heavy atom. The SMILES string of the molecule is CCOP1(=O)OCCO1. The Balaban J connectivity index is 2.42. The van der Waals surface area contributed by atoms with Gasteiger partial charge in [-0.25, -0.2) is 4.57 Å². The maximum absolute atomic E-state index is 10.9. The number of hydrogen-bond acceptors (Lipinski definition) is 4. The van der Waals surface area contributed by atoms with Crippen molar-refractivity contribution in [3.05, 3.63) is 0 Å². The summed E-state index contributed by atoms with van der Waals surface area (Å²) in [5.74, 6) is 0. The zero-order chi connectivity index (χ0) is 6.74. The highest BCUT2D eigenvalue weighted by atomic mass is 31.2. The van der Waals surface area contributed by atoms with Crippen LogP contribution < -0.4 is 0 Å². The summed E-state index contributed by atoms with van der Waals surface area (Å²) >= 11 is 0. The van der Waals surface area contributed by atoms with E-state index < -0.39 is 7.82 Å². The molecule has 1 fully saturated rings. The van der Waals surface area contributed by atoms with Gasteiger partial charge in [0.15, 0.2) is 0 Å². The minimum atomic E-state index is -3.07. The minimum absolute atomic E-state index is 0.358. The van der Waals surface area contributed by atoms with Gasteiger partial charge in [-0.1, -0.05) is 0 Å². The molecule has 0 bridgehead atoms. The highest BCUT2D eigenvalue weighted by Crippen LogP contribution is 2.52. The molecule has 1 saturated heterocycles. The second-order valence-electron chi connectivity index (χ2n) is 1.53. The van der Waals surface area contributed by atoms with Crippen molar-refractivity contribution in [2.75, 3.05) is 19.8 Å². The first-order valence-electron chi connectivity index (χ1n) is 2.80. The summed E-state index contributed by atoms with van der Waals surface area (Å²) in [4.78, 5) is 0. The molecular formula is C4H9O4P. The third-order valence-electron chi connectivity index (χ3n) is 0.869. The summed E-state index contributed by atoms with van der Waals surface area (Å²) in [6.07, 6.45) is 0. The summed E-state index contributed by atoms with van der Waals surface area (Å²) in [6.45, 7) is 2.84. The molecule has 1 heterocycles. The standard InChI is InChI=1S/C4H9O4P/c1-2-6-9(5)7-3-4-8-9/h2-4H2,1H3. The topological polar surface area (TPSA) is 44.8 Å². The summed E-state index contributed by atoms with van der Waals surface area (Å²) < 4.78 is 25.0. The highest BCUT2D eigenvalue weighted by Gasteiger charge is 2.30. The van der Waals surface area contributed by atoms with Crippen LogP contribution in [0, 0.1) is 0 Å². The van der Waals surface area contributed by atoms with Crippen LogP contribution in [0.25, 0.3) is 0 Å². The first kappa shape index (κ1) is 7.22. The Hall–Kier alpha value is 0.110. The molecule has 0 saturated carbocycles. The summed E-state index contributed by atoms with van der Waals surface area (Å²) in [6, 6.07) is 0. The van der Waals surface area contributed by atoms with Crippen LogP contribution in [0.2, 0.25) is 0 Å². The molecule has 5 heteroatoms. The van der Waals surface area contributed by atoms with E-state index in [4.69, 9.17) is 13.6 Å². The van der Waals surface area contributed by atoms with E-state index in [1.165, 1.54) is 0 Å². The average molecular weight is 152 g/mol. The number of phosphoric ester groups is 1. The van der Waals surface area contributed by atoms with Gasteiger partial charge in [-0.2, -0.15) is 0 Å². The molecule has 1 rings (SSSR count). The zero-order valence-electron chi connectivity index (χ0n) is 5.20. The Bertz CT molecular complexity index is 125. The average Bonchev–Trinajstić information content (AvgIpc) is 2.16. The van der Waals surface area contributed by atoms with Gasteiger partial charge in [0.05, 0.1) is 19.8 Å². The molecule has 1 aliphatic heterocycles. The largest absolute Gasteiger partial charge is 0.474 e. The lowest BCUT2D eigenvalue weighted by molar-refractivity contribution is 0.199. The van der Waals surface area contributed by atoms with Crippen molar-refractivity contribution in [3.63, 3.8) is 0 Å². The molecular weight excluding hydrogens is 143 g/mol. The number of phosphoric acid groups is 1. The zero-order valence-corrected chi connectivity index (χ0v) is 6.10. The minimum Gasteiger partial charge on any atom is -0.287 e. The Morgan fingerprint density at radius 2 is 2.11 bits per heavy atom. The van der Waals surface area contributed by atoms with Gasteiger partial charge in [0.1, 0.15) is 0 Å². The van der Waals surface area contributed by atoms with Crippen LogP contribution in [0.1, 0.15) is 6.92 Å². The van der Waals surface area contributed by atoms with Crippen molar-refractivity contribution in [2.45, 2.75) is 6.92 Å². The van der Waals surface area contributed by atoms with Crippen LogP contribution in [-0.4, -0.2) is 19.8 Å². The van der Waals surface area contributed by atoms with Crippen LogP contribution in [0.4, 0.5) is 0 Å². The maximum atomic E-state index is 10.9. The number of hydrogen-bond donors (Lipinski definition) is 0. The molecule has 0 radical (unpaired) electrons. The fourth-order valence-electron chi connectivity index (χ4n) is 0.568. The molecule has 0 N–H and O–H groups in total. The molecule has 4 nitrogen and oxygen atoms in total. The lowest BCUT2D eigenvalue weighted by Gasteiger charge is -2.05. The van der Waals surface area contributed by atoms with Gasteiger partial charge in [0.2, 0.25) is 0 Å². The molecule has 54 valence electrons. The van der Waals surface area contributed by atoms with E-state index in [0.717, 1.165) is 0 Å². The van der Waals surface area contributed by atoms with Crippen LogP contribution >= 0.6 is 7.82 Å². The van der Waals surface area contributed by atoms with Crippen molar-refractivity contribution in [3.8, 4) is 0 Å². The van der Waals surface area contributed by atoms with Crippen molar-refractivity contribution in [1.82, 2.24) is 0 Å². The van der Waals surface area contributed by atoms with Gasteiger partial charge < -0.3 is 0 Å². The van der Waals surface area contributed by atoms with Crippen molar-refractivity contribution >= 4 is 7.82 Å². The van der Waals surface area contributed by atoms with Crippen molar-refractivity contribution < 1.29 is 18.1 Å². The van der Waals surface area contributed by atoms with E-state index in [2.05, 4.69) is 0 Å². The lowest BCUT2D eigenvalue weighted by Crippen LogP contribution is -1.87. The first-order valence-corrected chi connectivity index (χ1v) is 4.26. The highest BCUT2D eigenvalue weighted by molar-refractivity contribution is 7.48. The molecule has 0 aromatic rings. The second kappa shape index (κ2) is 2.80. The number of rotatable bonds is 2. The molecule has 0 atom stereocenters. The van der Waals surface area contributed by atoms with Gasteiger partial charge in [-0.05, 0) is 6.92 Å². The van der Waals surface area contributed by atoms with Crippen LogP contribution in [0.15, 0.2) is 0 Å². The molecule has 0 aliphatic carbocycles. The molecule has 1 aliphatic rings. The predicted octanol–water partition coefficient (Wildman–Crippen LogP) is 1.18. The van der Waals surface area contributed by atoms with Crippen molar-refractivity contribution in [2.24, 2.45) is 0 Å². The lowest BCUT2D eigenvalue weighted by atomic mass is 10.8. The molecule has 0 amide bonds. The quantitative estimate of drug-likeness (QED) is 0.557. The first-order chi connectivity index (χ1) is 4.27. The Kier molecular flexibility index (Phi) is 2.24. The fourth-order valence-corrected chi connectivity index (χ4v) is 1.70. The molecule has 9 heavy (non-hydrogen) atoms. The van der Waals surface area contributed by atoms with Gasteiger partial charge >= 0.3 is 7.82 Å². The summed E-state index contributed by atoms with van der Waals surface area (Å²) in [5, 5.41) is 0. The van der Waals surface area contributed by atoms with Crippen LogP contribution in [0.5, 0.6) is 0 Å². The van der Waals surface area contributed by atoms with E-state index >= 15 is 0 Å². The van der Waals surface area contributed by atoms with Gasteiger partial charge in [-0.3, -0.25) is 13.6 Å². The Labute approximate surface area is 53.7 Å². The van der Waals surface area contributed by atoms with E-state index in [0.29, 0.717) is 19.8 Å². The van der Waals surface area contributed by atoms with Crippen LogP contribution in [0.3, 0.4) is 0 Å². The monoisotopic (exact) mass is 152 g/mol. The fraction of sp³-hybridized carbons (Fsp3) is 1.00. The van der Waals surface area contributed by atoms with E-state index in [1.54, 1.807) is 6.92 Å². The predicted molar refractivity (Wildman–Crippen MR) is 31.1 cm³/mol. The molecule has 0 unspecified atom stereocenters. The maximum Gasteiger partial charge on any atom is 0.474 e. The van der Waals surface area contributed by atoms with Gasteiger partial charge in [0.25, 0.3) is 0 Å². The normalized spacial score (nSPS) is 24.6. The molecule has 0 aromatic carbocycles. The van der Waals surface area contributed by atoms with E-state index in [1.807, 2.05) is 0 Å². The van der Waals surface area contributed by atoms with Gasteiger partial charge in [0, 0.05) is 0 Å². The second-order valence-corrected chi connectivity index (χ2v) is 3.20. The van der Waals surface area contributed by atoms with E-state index in [9.17, 15) is 4.57 Å². The smallest absolute Gasteiger partial charge is 0.287 e. The molecule has 0 spiro atoms. The van der Waals surface area contributed by atoms with Crippen LogP contribution in [-0.2, 0) is 18.1 Å². The van der Waals surface area contributed by atoms with Gasteiger partial charge in [-0.15, -0.1) is 0 Å². The van der Waals surface area contributed by atoms with E-state index in [-0.39, 0.29) is 0 Å². The third kappa shape index (κ3) is 1.76. The Morgan fingerprint density at radius 3 is 2.56 bits per heavy atom. The third-order valence-corrected chi connectivity index (χ3v) is 2.44. The van der Waals surface area contributed by atoms with Crippen molar-refractivity contribution in [1.29, 1.82) is 0 Å². The summed E-state index contributed by atoms with van der Waals surface area (Å²) in [5.41, 5.74) is 0. The molecule has 0 aromatic heterocycles.